The van der Waals surface area contributed by atoms with Crippen LogP contribution in [0.4, 0.5) is 0 Å². The number of rotatable bonds is 8. The van der Waals surface area contributed by atoms with Gasteiger partial charge in [0.15, 0.2) is 0 Å². The largest absolute Gasteiger partial charge is 0.468 e. The van der Waals surface area contributed by atoms with Crippen LogP contribution < -0.4 is 5.32 Å². The Hall–Kier alpha value is -0.610. The lowest BCUT2D eigenvalue weighted by Gasteiger charge is -2.29. The first-order chi connectivity index (χ1) is 7.93. The molecule has 0 rings (SSSR count). The van der Waals surface area contributed by atoms with Crippen LogP contribution in [0.15, 0.2) is 0 Å². The van der Waals surface area contributed by atoms with Crippen LogP contribution >= 0.6 is 0 Å². The highest BCUT2D eigenvalue weighted by molar-refractivity contribution is 5.75. The minimum atomic E-state index is -0.188. The van der Waals surface area contributed by atoms with Crippen molar-refractivity contribution in [2.24, 2.45) is 5.92 Å². The highest BCUT2D eigenvalue weighted by Crippen LogP contribution is 2.09. The Balaban J connectivity index is 4.16. The number of hydrogen-bond donors (Lipinski definition) is 1. The molecule has 0 aliphatic rings. The summed E-state index contributed by atoms with van der Waals surface area (Å²) in [5, 5.41) is 3.16. The summed E-state index contributed by atoms with van der Waals surface area (Å²) < 4.78 is 4.79. The second-order valence-corrected chi connectivity index (χ2v) is 4.89. The van der Waals surface area contributed by atoms with E-state index < -0.39 is 0 Å². The van der Waals surface area contributed by atoms with E-state index in [4.69, 9.17) is 4.74 Å². The zero-order valence-corrected chi connectivity index (χ0v) is 12.1. The van der Waals surface area contributed by atoms with Gasteiger partial charge in [-0.25, -0.2) is 0 Å². The van der Waals surface area contributed by atoms with E-state index in [2.05, 4.69) is 38.0 Å². The lowest BCUT2D eigenvalue weighted by Crippen LogP contribution is -2.42. The molecule has 1 N–H and O–H groups in total. The number of nitrogens with one attached hydrogen (secondary N) is 1. The lowest BCUT2D eigenvalue weighted by molar-refractivity contribution is -0.143. The molecule has 2 atom stereocenters. The van der Waals surface area contributed by atoms with Gasteiger partial charge in [0.25, 0.3) is 0 Å². The summed E-state index contributed by atoms with van der Waals surface area (Å²) in [4.78, 5) is 13.8. The Morgan fingerprint density at radius 3 is 2.35 bits per heavy atom. The molecule has 0 aromatic rings. The Morgan fingerprint density at radius 1 is 1.35 bits per heavy atom. The van der Waals surface area contributed by atoms with Gasteiger partial charge in [0.2, 0.25) is 0 Å². The van der Waals surface area contributed by atoms with Crippen LogP contribution in [0, 0.1) is 5.92 Å². The van der Waals surface area contributed by atoms with Crippen LogP contribution in [-0.4, -0.2) is 50.2 Å². The molecule has 4 heteroatoms. The van der Waals surface area contributed by atoms with Crippen LogP contribution in [0.1, 0.15) is 34.1 Å². The number of hydrogen-bond acceptors (Lipinski definition) is 4. The van der Waals surface area contributed by atoms with E-state index in [-0.39, 0.29) is 12.0 Å². The Kier molecular flexibility index (Phi) is 8.17. The molecule has 0 aromatic heterocycles. The SMILES string of the molecule is CCNC(CCN(C)C(C)C(C)C)C(=O)OC. The standard InChI is InChI=1S/C13H28N2O2/c1-7-14-12(13(16)17-6)8-9-15(5)11(4)10(2)3/h10-12,14H,7-9H2,1-6H3. The molecule has 17 heavy (non-hydrogen) atoms. The van der Waals surface area contributed by atoms with Crippen LogP contribution in [0.5, 0.6) is 0 Å². The van der Waals surface area contributed by atoms with Gasteiger partial charge in [0.1, 0.15) is 6.04 Å². The topological polar surface area (TPSA) is 41.6 Å². The summed E-state index contributed by atoms with van der Waals surface area (Å²) in [5.74, 6) is 0.452. The lowest BCUT2D eigenvalue weighted by atomic mass is 10.0. The molecule has 0 aliphatic carbocycles. The van der Waals surface area contributed by atoms with Crippen molar-refractivity contribution in [3.63, 3.8) is 0 Å². The van der Waals surface area contributed by atoms with Crippen molar-refractivity contribution in [3.05, 3.63) is 0 Å². The van der Waals surface area contributed by atoms with Crippen molar-refractivity contribution in [2.45, 2.75) is 46.2 Å². The fraction of sp³-hybridized carbons (Fsp3) is 0.923. The maximum Gasteiger partial charge on any atom is 0.322 e. The fourth-order valence-electron chi connectivity index (χ4n) is 1.74. The maximum atomic E-state index is 11.5. The summed E-state index contributed by atoms with van der Waals surface area (Å²) in [5.41, 5.74) is 0. The molecule has 4 nitrogen and oxygen atoms in total. The molecule has 0 amide bonds. The number of carbonyl (C=O) groups excluding carboxylic acids is 1. The number of esters is 1. The average Bonchev–Trinajstić information content (AvgIpc) is 2.31. The Labute approximate surface area is 106 Å². The zero-order valence-electron chi connectivity index (χ0n) is 12.1. The number of ether oxygens (including phenoxy) is 1. The molecule has 0 heterocycles. The van der Waals surface area contributed by atoms with Crippen molar-refractivity contribution in [1.82, 2.24) is 10.2 Å². The van der Waals surface area contributed by atoms with Gasteiger partial charge in [-0.1, -0.05) is 20.8 Å². The normalized spacial score (nSPS) is 15.1. The molecule has 0 fully saturated rings. The molecule has 0 radical (unpaired) electrons. The van der Waals surface area contributed by atoms with Crippen LogP contribution in [0.2, 0.25) is 0 Å². The van der Waals surface area contributed by atoms with E-state index in [1.807, 2.05) is 6.92 Å². The van der Waals surface area contributed by atoms with Crippen LogP contribution in [0.3, 0.4) is 0 Å². The Morgan fingerprint density at radius 2 is 1.94 bits per heavy atom. The molecule has 0 saturated heterocycles. The molecule has 102 valence electrons. The first-order valence-corrected chi connectivity index (χ1v) is 6.45. The first-order valence-electron chi connectivity index (χ1n) is 6.45. The molecule has 0 saturated carbocycles. The molecule has 0 bridgehead atoms. The summed E-state index contributed by atoms with van der Waals surface area (Å²) in [6.45, 7) is 10.3. The molecule has 2 unspecified atom stereocenters. The second kappa shape index (κ2) is 8.48. The van der Waals surface area contributed by atoms with Crippen molar-refractivity contribution in [3.8, 4) is 0 Å². The van der Waals surface area contributed by atoms with Crippen molar-refractivity contribution >= 4 is 5.97 Å². The van der Waals surface area contributed by atoms with E-state index in [9.17, 15) is 4.79 Å². The summed E-state index contributed by atoms with van der Waals surface area (Å²) in [6.07, 6.45) is 0.786. The minimum Gasteiger partial charge on any atom is -0.468 e. The van der Waals surface area contributed by atoms with Gasteiger partial charge in [0.05, 0.1) is 7.11 Å². The molecule has 0 aromatic carbocycles. The predicted octanol–water partition coefficient (Wildman–Crippen LogP) is 1.50. The first kappa shape index (κ1) is 16.4. The Bertz CT molecular complexity index is 219. The summed E-state index contributed by atoms with van der Waals surface area (Å²) in [7, 11) is 3.54. The van der Waals surface area contributed by atoms with Crippen molar-refractivity contribution in [1.29, 1.82) is 0 Å². The van der Waals surface area contributed by atoms with Gasteiger partial charge in [-0.05, 0) is 32.9 Å². The smallest absolute Gasteiger partial charge is 0.322 e. The average molecular weight is 244 g/mol. The number of carbonyl (C=O) groups is 1. The van der Waals surface area contributed by atoms with Gasteiger partial charge in [-0.15, -0.1) is 0 Å². The highest BCUT2D eigenvalue weighted by atomic mass is 16.5. The van der Waals surface area contributed by atoms with E-state index >= 15 is 0 Å². The molecule has 0 spiro atoms. The zero-order chi connectivity index (χ0) is 13.4. The van der Waals surface area contributed by atoms with E-state index in [1.165, 1.54) is 7.11 Å². The second-order valence-electron chi connectivity index (χ2n) is 4.89. The molecular formula is C13H28N2O2. The molecular weight excluding hydrogens is 216 g/mol. The van der Waals surface area contributed by atoms with Gasteiger partial charge >= 0.3 is 5.97 Å². The van der Waals surface area contributed by atoms with Gasteiger partial charge < -0.3 is 15.0 Å². The van der Waals surface area contributed by atoms with E-state index in [1.54, 1.807) is 0 Å². The van der Waals surface area contributed by atoms with Crippen molar-refractivity contribution in [2.75, 3.05) is 27.2 Å². The molecule has 0 aliphatic heterocycles. The predicted molar refractivity (Wildman–Crippen MR) is 71.0 cm³/mol. The van der Waals surface area contributed by atoms with E-state index in [0.717, 1.165) is 19.5 Å². The van der Waals surface area contributed by atoms with E-state index in [0.29, 0.717) is 12.0 Å². The quantitative estimate of drug-likeness (QED) is 0.657. The highest BCUT2D eigenvalue weighted by Gasteiger charge is 2.20. The summed E-state index contributed by atoms with van der Waals surface area (Å²) in [6, 6.07) is 0.335. The van der Waals surface area contributed by atoms with Gasteiger partial charge in [0, 0.05) is 12.6 Å². The third-order valence-corrected chi connectivity index (χ3v) is 3.37. The van der Waals surface area contributed by atoms with Crippen molar-refractivity contribution < 1.29 is 9.53 Å². The fourth-order valence-corrected chi connectivity index (χ4v) is 1.74. The summed E-state index contributed by atoms with van der Waals surface area (Å²) >= 11 is 0. The van der Waals surface area contributed by atoms with Gasteiger partial charge in [-0.3, -0.25) is 4.79 Å². The van der Waals surface area contributed by atoms with Crippen LogP contribution in [0.25, 0.3) is 0 Å². The monoisotopic (exact) mass is 244 g/mol. The van der Waals surface area contributed by atoms with Gasteiger partial charge in [-0.2, -0.15) is 0 Å². The third kappa shape index (κ3) is 6.03. The third-order valence-electron chi connectivity index (χ3n) is 3.37. The number of methoxy groups -OCH3 is 1. The maximum absolute atomic E-state index is 11.5. The minimum absolute atomic E-state index is 0.169. The number of nitrogens with zero attached hydrogens (tertiary/aromatic N) is 1. The van der Waals surface area contributed by atoms with Crippen LogP contribution in [-0.2, 0) is 9.53 Å². The number of likely N-dealkylation sites (N-methyl/N-ethyl adjacent to an activating group) is 1.